The number of rotatable bonds is 4. The minimum Gasteiger partial charge on any atom is -0.325 e. The molecule has 0 saturated heterocycles. The highest BCUT2D eigenvalue weighted by atomic mass is 35.5. The van der Waals surface area contributed by atoms with Gasteiger partial charge in [0.1, 0.15) is 6.29 Å². The Hall–Kier alpha value is -1.84. The molecule has 0 fully saturated rings. The molecule has 0 saturated carbocycles. The third kappa shape index (κ3) is 4.09. The van der Waals surface area contributed by atoms with Gasteiger partial charge < -0.3 is 5.32 Å². The van der Waals surface area contributed by atoms with Crippen molar-refractivity contribution in [3.63, 3.8) is 0 Å². The molecular weight excluding hydrogens is 321 g/mol. The molecule has 1 N–H and O–H groups in total. The maximum Gasteiger partial charge on any atom is 0.255 e. The minimum atomic E-state index is -0.287. The summed E-state index contributed by atoms with van der Waals surface area (Å²) in [7, 11) is 0. The first-order chi connectivity index (χ1) is 10.5. The highest BCUT2D eigenvalue weighted by Crippen LogP contribution is 2.21. The fourth-order valence-electron chi connectivity index (χ4n) is 2.18. The van der Waals surface area contributed by atoms with Crippen molar-refractivity contribution in [2.24, 2.45) is 0 Å². The van der Waals surface area contributed by atoms with Crippen LogP contribution in [0.2, 0.25) is 10.0 Å². The molecule has 1 amide bonds. The summed E-state index contributed by atoms with van der Waals surface area (Å²) < 4.78 is 0. The quantitative estimate of drug-likeness (QED) is 0.825. The Labute approximate surface area is 139 Å². The largest absolute Gasteiger partial charge is 0.325 e. The average molecular weight is 336 g/mol. The molecule has 1 aliphatic carbocycles. The average Bonchev–Trinajstić information content (AvgIpc) is 2.68. The molecule has 0 unspecified atom stereocenters. The molecule has 1 aliphatic rings. The van der Waals surface area contributed by atoms with Gasteiger partial charge in [-0.2, -0.15) is 0 Å². The van der Waals surface area contributed by atoms with Crippen LogP contribution in [0, 0.1) is 0 Å². The van der Waals surface area contributed by atoms with Gasteiger partial charge in [-0.3, -0.25) is 9.59 Å². The molecule has 1 aromatic carbocycles. The Morgan fingerprint density at radius 2 is 1.91 bits per heavy atom. The maximum absolute atomic E-state index is 12.3. The van der Waals surface area contributed by atoms with Crippen molar-refractivity contribution in [1.29, 1.82) is 0 Å². The van der Waals surface area contributed by atoms with E-state index in [9.17, 15) is 9.59 Å². The number of hydrogen-bond donors (Lipinski definition) is 1. The lowest BCUT2D eigenvalue weighted by molar-refractivity contribution is -0.104. The monoisotopic (exact) mass is 335 g/mol. The van der Waals surface area contributed by atoms with Gasteiger partial charge in [-0.1, -0.05) is 36.2 Å². The van der Waals surface area contributed by atoms with Gasteiger partial charge >= 0.3 is 0 Å². The SMILES string of the molecule is CCC1=CCC(NC(=O)c2cc(Cl)cc(Cl)c2)=CC=C1C=O. The molecule has 0 radical (unpaired) electrons. The third-order valence-electron chi connectivity index (χ3n) is 3.31. The van der Waals surface area contributed by atoms with E-state index in [1.807, 2.05) is 13.0 Å². The number of benzene rings is 1. The summed E-state index contributed by atoms with van der Waals surface area (Å²) in [6.45, 7) is 1.99. The van der Waals surface area contributed by atoms with Crippen LogP contribution >= 0.6 is 23.2 Å². The van der Waals surface area contributed by atoms with Crippen molar-refractivity contribution in [2.45, 2.75) is 19.8 Å². The van der Waals surface area contributed by atoms with Crippen LogP contribution in [0.25, 0.3) is 0 Å². The van der Waals surface area contributed by atoms with Gasteiger partial charge in [0.2, 0.25) is 0 Å². The van der Waals surface area contributed by atoms with E-state index in [2.05, 4.69) is 5.32 Å². The molecule has 0 atom stereocenters. The number of amides is 1. The maximum atomic E-state index is 12.3. The van der Waals surface area contributed by atoms with Crippen LogP contribution in [0.3, 0.4) is 0 Å². The predicted molar refractivity (Wildman–Crippen MR) is 89.1 cm³/mol. The lowest BCUT2D eigenvalue weighted by Gasteiger charge is -2.08. The van der Waals surface area contributed by atoms with Gasteiger partial charge in [-0.25, -0.2) is 0 Å². The van der Waals surface area contributed by atoms with Crippen molar-refractivity contribution >= 4 is 35.4 Å². The molecule has 0 spiro atoms. The van der Waals surface area contributed by atoms with E-state index in [4.69, 9.17) is 23.2 Å². The Morgan fingerprint density at radius 1 is 1.23 bits per heavy atom. The number of nitrogens with one attached hydrogen (secondary N) is 1. The normalized spacial score (nSPS) is 14.4. The molecule has 3 nitrogen and oxygen atoms in total. The topological polar surface area (TPSA) is 46.2 Å². The second-order valence-electron chi connectivity index (χ2n) is 4.83. The van der Waals surface area contributed by atoms with Crippen LogP contribution in [0.1, 0.15) is 30.1 Å². The predicted octanol–water partition coefficient (Wildman–Crippen LogP) is 4.47. The van der Waals surface area contributed by atoms with Crippen molar-refractivity contribution < 1.29 is 9.59 Å². The number of allylic oxidation sites excluding steroid dienone is 5. The number of aldehydes is 1. The van der Waals surface area contributed by atoms with Crippen LogP contribution in [-0.2, 0) is 4.79 Å². The molecule has 0 bridgehead atoms. The first-order valence-electron chi connectivity index (χ1n) is 6.86. The molecular formula is C17H15Cl2NO2. The number of halogens is 2. The van der Waals surface area contributed by atoms with Gasteiger partial charge in [0.25, 0.3) is 5.91 Å². The van der Waals surface area contributed by atoms with Gasteiger partial charge in [0, 0.05) is 33.3 Å². The lowest BCUT2D eigenvalue weighted by atomic mass is 10.0. The van der Waals surface area contributed by atoms with Gasteiger partial charge in [-0.15, -0.1) is 0 Å². The van der Waals surface area contributed by atoms with Crippen molar-refractivity contribution in [3.05, 3.63) is 68.9 Å². The van der Waals surface area contributed by atoms with E-state index in [0.717, 1.165) is 18.3 Å². The first-order valence-corrected chi connectivity index (χ1v) is 7.62. The Balaban J connectivity index is 2.19. The van der Waals surface area contributed by atoms with E-state index in [1.54, 1.807) is 30.4 Å². The van der Waals surface area contributed by atoms with Crippen LogP contribution in [0.4, 0.5) is 0 Å². The number of hydrogen-bond acceptors (Lipinski definition) is 2. The minimum absolute atomic E-state index is 0.287. The van der Waals surface area contributed by atoms with E-state index in [-0.39, 0.29) is 5.91 Å². The zero-order valence-corrected chi connectivity index (χ0v) is 13.5. The fourth-order valence-corrected chi connectivity index (χ4v) is 2.70. The standard InChI is InChI=1S/C17H15Cl2NO2/c1-2-11-3-5-16(6-4-12(11)10-21)20-17(22)13-7-14(18)9-15(19)8-13/h3-4,6-10H,2,5H2,1H3,(H,20,22). The summed E-state index contributed by atoms with van der Waals surface area (Å²) in [5.41, 5.74) is 2.71. The van der Waals surface area contributed by atoms with Crippen LogP contribution < -0.4 is 5.32 Å². The number of carbonyl (C=O) groups excluding carboxylic acids is 2. The number of carbonyl (C=O) groups is 2. The van der Waals surface area contributed by atoms with Crippen LogP contribution in [-0.4, -0.2) is 12.2 Å². The molecule has 0 aromatic heterocycles. The fraction of sp³-hybridized carbons (Fsp3) is 0.176. The highest BCUT2D eigenvalue weighted by Gasteiger charge is 2.11. The van der Waals surface area contributed by atoms with Gasteiger partial charge in [0.05, 0.1) is 0 Å². The smallest absolute Gasteiger partial charge is 0.255 e. The van der Waals surface area contributed by atoms with E-state index in [0.29, 0.717) is 33.3 Å². The van der Waals surface area contributed by atoms with E-state index < -0.39 is 0 Å². The zero-order chi connectivity index (χ0) is 16.1. The van der Waals surface area contributed by atoms with Gasteiger partial charge in [0.15, 0.2) is 0 Å². The molecule has 22 heavy (non-hydrogen) atoms. The Kier molecular flexibility index (Phi) is 5.58. The van der Waals surface area contributed by atoms with E-state index >= 15 is 0 Å². The summed E-state index contributed by atoms with van der Waals surface area (Å²) in [4.78, 5) is 23.3. The molecule has 114 valence electrons. The highest BCUT2D eigenvalue weighted by molar-refractivity contribution is 6.35. The van der Waals surface area contributed by atoms with Gasteiger partial charge in [-0.05, 0) is 42.3 Å². The Bertz CT molecular complexity index is 682. The molecule has 2 rings (SSSR count). The molecule has 1 aromatic rings. The second kappa shape index (κ2) is 7.43. The summed E-state index contributed by atoms with van der Waals surface area (Å²) in [6, 6.07) is 4.68. The van der Waals surface area contributed by atoms with Crippen LogP contribution in [0.5, 0.6) is 0 Å². The van der Waals surface area contributed by atoms with Crippen molar-refractivity contribution in [1.82, 2.24) is 5.32 Å². The zero-order valence-electron chi connectivity index (χ0n) is 12.0. The second-order valence-corrected chi connectivity index (χ2v) is 5.70. The summed E-state index contributed by atoms with van der Waals surface area (Å²) in [5, 5.41) is 3.63. The van der Waals surface area contributed by atoms with Crippen molar-refractivity contribution in [2.75, 3.05) is 0 Å². The summed E-state index contributed by atoms with van der Waals surface area (Å²) >= 11 is 11.8. The van der Waals surface area contributed by atoms with Crippen LogP contribution in [0.15, 0.2) is 53.3 Å². The summed E-state index contributed by atoms with van der Waals surface area (Å²) in [5.74, 6) is -0.287. The Morgan fingerprint density at radius 3 is 2.50 bits per heavy atom. The molecule has 0 aliphatic heterocycles. The third-order valence-corrected chi connectivity index (χ3v) is 3.75. The summed E-state index contributed by atoms with van der Waals surface area (Å²) in [6.07, 6.45) is 7.56. The lowest BCUT2D eigenvalue weighted by Crippen LogP contribution is -2.22. The first kappa shape index (κ1) is 16.5. The van der Waals surface area contributed by atoms with Crippen molar-refractivity contribution in [3.8, 4) is 0 Å². The molecule has 5 heteroatoms. The molecule has 0 heterocycles. The van der Waals surface area contributed by atoms with E-state index in [1.165, 1.54) is 0 Å².